The zero-order chi connectivity index (χ0) is 22.6. The van der Waals surface area contributed by atoms with Gasteiger partial charge in [-0.2, -0.15) is 28.6 Å². The summed E-state index contributed by atoms with van der Waals surface area (Å²) in [7, 11) is 0. The predicted octanol–water partition coefficient (Wildman–Crippen LogP) is 3.20. The molecule has 1 aliphatic rings. The van der Waals surface area contributed by atoms with E-state index in [1.54, 1.807) is 6.07 Å². The standard InChI is InChI=1S/C17H11F5N8O/c1-16(17(20,21)22)7-29(15(31)26-9-2-10(14(18)19)27-25-5-9)11-6-24-12-3-8(4-23)28-30(12)13(11)16/h2-3,5-6,14H,7H2,1H3,(H,26,27,31)/t16-/m0/s1. The van der Waals surface area contributed by atoms with Gasteiger partial charge in [-0.05, 0) is 13.0 Å². The molecular weight excluding hydrogens is 427 g/mol. The van der Waals surface area contributed by atoms with Gasteiger partial charge in [0.15, 0.2) is 11.3 Å². The van der Waals surface area contributed by atoms with E-state index in [1.807, 2.05) is 0 Å². The summed E-state index contributed by atoms with van der Waals surface area (Å²) in [5.74, 6) is 0. The van der Waals surface area contributed by atoms with E-state index >= 15 is 0 Å². The Kier molecular flexibility index (Phi) is 4.49. The highest BCUT2D eigenvalue weighted by molar-refractivity contribution is 6.03. The van der Waals surface area contributed by atoms with Gasteiger partial charge in [-0.15, -0.1) is 5.10 Å². The zero-order valence-corrected chi connectivity index (χ0v) is 15.5. The minimum Gasteiger partial charge on any atom is -0.306 e. The minimum atomic E-state index is -4.79. The Balaban J connectivity index is 1.79. The van der Waals surface area contributed by atoms with Crippen LogP contribution in [0.2, 0.25) is 0 Å². The Bertz CT molecular complexity index is 1230. The molecule has 1 aliphatic heterocycles. The first-order valence-electron chi connectivity index (χ1n) is 8.60. The van der Waals surface area contributed by atoms with Crippen LogP contribution >= 0.6 is 0 Å². The van der Waals surface area contributed by atoms with Crippen LogP contribution in [0.15, 0.2) is 24.5 Å². The van der Waals surface area contributed by atoms with Crippen molar-refractivity contribution in [1.82, 2.24) is 24.8 Å². The third kappa shape index (κ3) is 3.18. The first kappa shape index (κ1) is 20.4. The van der Waals surface area contributed by atoms with E-state index in [4.69, 9.17) is 5.26 Å². The molecule has 3 aromatic rings. The van der Waals surface area contributed by atoms with Gasteiger partial charge in [0.05, 0.1) is 29.5 Å². The van der Waals surface area contributed by atoms with Crippen LogP contribution in [0, 0.1) is 11.3 Å². The highest BCUT2D eigenvalue weighted by Gasteiger charge is 2.60. The minimum absolute atomic E-state index is 0.00735. The lowest BCUT2D eigenvalue weighted by Gasteiger charge is -2.28. The summed E-state index contributed by atoms with van der Waals surface area (Å²) >= 11 is 0. The topological polar surface area (TPSA) is 112 Å². The zero-order valence-electron chi connectivity index (χ0n) is 15.5. The maximum absolute atomic E-state index is 14.1. The molecule has 14 heteroatoms. The van der Waals surface area contributed by atoms with Crippen LogP contribution in [0.4, 0.5) is 38.1 Å². The second-order valence-electron chi connectivity index (χ2n) is 6.92. The van der Waals surface area contributed by atoms with Crippen molar-refractivity contribution in [2.45, 2.75) is 24.9 Å². The summed E-state index contributed by atoms with van der Waals surface area (Å²) in [5, 5.41) is 21.7. The van der Waals surface area contributed by atoms with Gasteiger partial charge in [0.2, 0.25) is 0 Å². The number of nitriles is 1. The maximum Gasteiger partial charge on any atom is 0.401 e. The molecule has 0 saturated carbocycles. The number of hydrogen-bond donors (Lipinski definition) is 1. The van der Waals surface area contributed by atoms with Crippen LogP contribution in [-0.2, 0) is 5.41 Å². The summed E-state index contributed by atoms with van der Waals surface area (Å²) in [6.07, 6.45) is -5.68. The van der Waals surface area contributed by atoms with Gasteiger partial charge in [0.25, 0.3) is 6.43 Å². The number of urea groups is 1. The average molecular weight is 438 g/mol. The van der Waals surface area contributed by atoms with E-state index in [-0.39, 0.29) is 28.4 Å². The van der Waals surface area contributed by atoms with Crippen LogP contribution in [0.5, 0.6) is 0 Å². The molecule has 9 nitrogen and oxygen atoms in total. The molecule has 3 aromatic heterocycles. The van der Waals surface area contributed by atoms with Gasteiger partial charge in [0, 0.05) is 12.6 Å². The Morgan fingerprint density at radius 3 is 2.71 bits per heavy atom. The van der Waals surface area contributed by atoms with Crippen LogP contribution in [0.3, 0.4) is 0 Å². The monoisotopic (exact) mass is 438 g/mol. The van der Waals surface area contributed by atoms with Gasteiger partial charge in [0.1, 0.15) is 17.2 Å². The van der Waals surface area contributed by atoms with Crippen molar-refractivity contribution in [1.29, 1.82) is 5.26 Å². The Labute approximate surface area is 170 Å². The molecule has 1 atom stereocenters. The molecule has 4 rings (SSSR count). The molecule has 0 unspecified atom stereocenters. The van der Waals surface area contributed by atoms with Gasteiger partial charge in [-0.1, -0.05) is 0 Å². The molecule has 0 spiro atoms. The second-order valence-corrected chi connectivity index (χ2v) is 6.92. The predicted molar refractivity (Wildman–Crippen MR) is 94.5 cm³/mol. The molecule has 4 heterocycles. The first-order chi connectivity index (χ1) is 14.5. The quantitative estimate of drug-likeness (QED) is 0.615. The average Bonchev–Trinajstić information content (AvgIpc) is 3.27. The smallest absolute Gasteiger partial charge is 0.306 e. The first-order valence-corrected chi connectivity index (χ1v) is 8.60. The molecule has 0 fully saturated rings. The molecular formula is C17H11F5N8O. The summed E-state index contributed by atoms with van der Waals surface area (Å²) in [6.45, 7) is 0.0790. The van der Waals surface area contributed by atoms with Crippen LogP contribution in [0.1, 0.15) is 30.4 Å². The number of anilines is 2. The van der Waals surface area contributed by atoms with Crippen molar-refractivity contribution in [3.8, 4) is 6.07 Å². The normalized spacial score (nSPS) is 18.3. The van der Waals surface area contributed by atoms with Crippen molar-refractivity contribution in [3.05, 3.63) is 41.6 Å². The van der Waals surface area contributed by atoms with E-state index in [2.05, 4.69) is 25.6 Å². The highest BCUT2D eigenvalue weighted by atomic mass is 19.4. The van der Waals surface area contributed by atoms with Crippen LogP contribution < -0.4 is 10.2 Å². The SMILES string of the molecule is C[C@]1(C(F)(F)F)CN(C(=O)Nc2cnnc(C(F)F)c2)c2cnc3cc(C#N)nn3c21. The van der Waals surface area contributed by atoms with Crippen molar-refractivity contribution in [2.24, 2.45) is 0 Å². The Morgan fingerprint density at radius 1 is 1.32 bits per heavy atom. The molecule has 1 N–H and O–H groups in total. The number of nitrogens with zero attached hydrogens (tertiary/aromatic N) is 7. The lowest BCUT2D eigenvalue weighted by molar-refractivity contribution is -0.181. The fraction of sp³-hybridized carbons (Fsp3) is 0.294. The lowest BCUT2D eigenvalue weighted by Crippen LogP contribution is -2.46. The molecule has 0 radical (unpaired) electrons. The number of carbonyl (C=O) groups excluding carboxylic acids is 1. The molecule has 0 aliphatic carbocycles. The maximum atomic E-state index is 14.1. The summed E-state index contributed by atoms with van der Waals surface area (Å²) in [5.41, 5.74) is -4.11. The van der Waals surface area contributed by atoms with Gasteiger partial charge in [-0.25, -0.2) is 23.1 Å². The third-order valence-corrected chi connectivity index (χ3v) is 4.89. The number of hydrogen-bond acceptors (Lipinski definition) is 6. The number of carbonyl (C=O) groups is 1. The molecule has 2 amide bonds. The largest absolute Gasteiger partial charge is 0.401 e. The number of halogens is 5. The van der Waals surface area contributed by atoms with Crippen molar-refractivity contribution in [2.75, 3.05) is 16.8 Å². The van der Waals surface area contributed by atoms with Gasteiger partial charge >= 0.3 is 12.2 Å². The Morgan fingerprint density at radius 2 is 2.06 bits per heavy atom. The Hall–Kier alpha value is -3.89. The third-order valence-electron chi connectivity index (χ3n) is 4.89. The number of alkyl halides is 5. The van der Waals surface area contributed by atoms with Crippen molar-refractivity contribution >= 4 is 23.1 Å². The number of nitrogens with one attached hydrogen (secondary N) is 1. The molecule has 0 aromatic carbocycles. The molecule has 0 bridgehead atoms. The van der Waals surface area contributed by atoms with E-state index in [9.17, 15) is 26.7 Å². The number of aromatic nitrogens is 5. The van der Waals surface area contributed by atoms with E-state index in [0.29, 0.717) is 0 Å². The number of fused-ring (bicyclic) bond motifs is 3. The molecule has 160 valence electrons. The van der Waals surface area contributed by atoms with E-state index in [0.717, 1.165) is 34.8 Å². The van der Waals surface area contributed by atoms with Crippen LogP contribution in [-0.4, -0.2) is 43.5 Å². The molecule has 31 heavy (non-hydrogen) atoms. The highest BCUT2D eigenvalue weighted by Crippen LogP contribution is 2.49. The second kappa shape index (κ2) is 6.83. The summed E-state index contributed by atoms with van der Waals surface area (Å²) in [4.78, 5) is 17.5. The van der Waals surface area contributed by atoms with Crippen LogP contribution in [0.25, 0.3) is 5.65 Å². The number of rotatable bonds is 2. The summed E-state index contributed by atoms with van der Waals surface area (Å²) in [6, 6.07) is 2.80. The van der Waals surface area contributed by atoms with Gasteiger partial charge in [-0.3, -0.25) is 4.90 Å². The lowest BCUT2D eigenvalue weighted by atomic mass is 9.88. The van der Waals surface area contributed by atoms with Crippen molar-refractivity contribution < 1.29 is 26.7 Å². The fourth-order valence-electron chi connectivity index (χ4n) is 3.32. The summed E-state index contributed by atoms with van der Waals surface area (Å²) < 4.78 is 68.7. The molecule has 0 saturated heterocycles. The fourth-order valence-corrected chi connectivity index (χ4v) is 3.32. The van der Waals surface area contributed by atoms with E-state index < -0.39 is 36.3 Å². The van der Waals surface area contributed by atoms with E-state index in [1.165, 1.54) is 6.07 Å². The van der Waals surface area contributed by atoms with Gasteiger partial charge < -0.3 is 5.32 Å². The van der Waals surface area contributed by atoms with Crippen molar-refractivity contribution in [3.63, 3.8) is 0 Å². The number of amides is 2.